The number of ether oxygens (including phenoxy) is 1. The van der Waals surface area contributed by atoms with Crippen LogP contribution < -0.4 is 5.01 Å². The van der Waals surface area contributed by atoms with E-state index < -0.39 is 0 Å². The van der Waals surface area contributed by atoms with Gasteiger partial charge < -0.3 is 9.64 Å². The van der Waals surface area contributed by atoms with E-state index in [1.807, 2.05) is 17.0 Å². The van der Waals surface area contributed by atoms with E-state index in [0.29, 0.717) is 11.6 Å². The van der Waals surface area contributed by atoms with E-state index in [2.05, 4.69) is 40.7 Å². The third kappa shape index (κ3) is 4.34. The van der Waals surface area contributed by atoms with Gasteiger partial charge in [-0.1, -0.05) is 0 Å². The van der Waals surface area contributed by atoms with Gasteiger partial charge in [0, 0.05) is 58.1 Å². The minimum Gasteiger partial charge on any atom is -0.379 e. The normalized spacial score (nSPS) is 19.8. The predicted molar refractivity (Wildman–Crippen MR) is 102 cm³/mol. The SMILES string of the molecule is CCN(c1ccc(C(=O)N2CCN(C(C)C)CC2)cn1)N1CCOCC1. The molecule has 2 saturated heterocycles. The molecule has 7 nitrogen and oxygen atoms in total. The third-order valence-electron chi connectivity index (χ3n) is 5.22. The van der Waals surface area contributed by atoms with Gasteiger partial charge in [-0.2, -0.15) is 0 Å². The molecule has 0 saturated carbocycles. The molecule has 2 fully saturated rings. The van der Waals surface area contributed by atoms with Crippen molar-refractivity contribution in [2.75, 3.05) is 64.0 Å². The maximum absolute atomic E-state index is 12.8. The first-order chi connectivity index (χ1) is 12.6. The zero-order chi connectivity index (χ0) is 18.5. The summed E-state index contributed by atoms with van der Waals surface area (Å²) in [7, 11) is 0. The second-order valence-electron chi connectivity index (χ2n) is 7.11. The van der Waals surface area contributed by atoms with Crippen molar-refractivity contribution in [3.05, 3.63) is 23.9 Å². The Kier molecular flexibility index (Phi) is 6.45. The number of hydrogen-bond acceptors (Lipinski definition) is 6. The van der Waals surface area contributed by atoms with Crippen molar-refractivity contribution in [2.45, 2.75) is 26.8 Å². The third-order valence-corrected chi connectivity index (χ3v) is 5.22. The molecule has 2 aliphatic heterocycles. The van der Waals surface area contributed by atoms with Gasteiger partial charge in [-0.15, -0.1) is 0 Å². The standard InChI is InChI=1S/C19H31N5O2/c1-4-24(23-11-13-26-14-12-23)18-6-5-17(15-20-18)19(25)22-9-7-21(8-10-22)16(2)3/h5-6,15-16H,4,7-14H2,1-3H3. The van der Waals surface area contributed by atoms with Gasteiger partial charge in [-0.25, -0.2) is 9.99 Å². The predicted octanol–water partition coefficient (Wildman–Crippen LogP) is 1.32. The topological polar surface area (TPSA) is 52.2 Å². The average molecular weight is 361 g/mol. The van der Waals surface area contributed by atoms with Gasteiger partial charge in [0.2, 0.25) is 0 Å². The molecule has 144 valence electrons. The molecule has 0 aromatic carbocycles. The summed E-state index contributed by atoms with van der Waals surface area (Å²) in [6.07, 6.45) is 1.72. The molecule has 3 rings (SSSR count). The van der Waals surface area contributed by atoms with Crippen LogP contribution in [0.4, 0.5) is 5.82 Å². The molecule has 1 aromatic rings. The van der Waals surface area contributed by atoms with Gasteiger partial charge in [0.25, 0.3) is 5.91 Å². The van der Waals surface area contributed by atoms with Gasteiger partial charge in [-0.05, 0) is 32.9 Å². The molecule has 0 bridgehead atoms. The lowest BCUT2D eigenvalue weighted by molar-refractivity contribution is 0.0318. The first kappa shape index (κ1) is 19.1. The fourth-order valence-corrected chi connectivity index (χ4v) is 3.59. The van der Waals surface area contributed by atoms with E-state index in [-0.39, 0.29) is 5.91 Å². The molecule has 0 aliphatic carbocycles. The van der Waals surface area contributed by atoms with E-state index >= 15 is 0 Å². The maximum Gasteiger partial charge on any atom is 0.255 e. The van der Waals surface area contributed by atoms with E-state index in [0.717, 1.165) is 64.8 Å². The summed E-state index contributed by atoms with van der Waals surface area (Å²) in [5.74, 6) is 0.970. The van der Waals surface area contributed by atoms with Crippen molar-refractivity contribution in [2.24, 2.45) is 0 Å². The molecule has 26 heavy (non-hydrogen) atoms. The van der Waals surface area contributed by atoms with Crippen LogP contribution >= 0.6 is 0 Å². The summed E-state index contributed by atoms with van der Waals surface area (Å²) in [4.78, 5) is 21.7. The molecule has 0 radical (unpaired) electrons. The summed E-state index contributed by atoms with van der Waals surface area (Å²) >= 11 is 0. The number of piperazine rings is 1. The number of nitrogens with zero attached hydrogens (tertiary/aromatic N) is 5. The average Bonchev–Trinajstić information content (AvgIpc) is 2.69. The summed E-state index contributed by atoms with van der Waals surface area (Å²) in [6.45, 7) is 14.0. The lowest BCUT2D eigenvalue weighted by Gasteiger charge is -2.38. The van der Waals surface area contributed by atoms with Crippen molar-refractivity contribution in [1.82, 2.24) is 19.8 Å². The van der Waals surface area contributed by atoms with E-state index in [9.17, 15) is 4.79 Å². The highest BCUT2D eigenvalue weighted by atomic mass is 16.5. The Morgan fingerprint density at radius 3 is 2.38 bits per heavy atom. The number of pyridine rings is 1. The van der Waals surface area contributed by atoms with Crippen LogP contribution in [0.15, 0.2) is 18.3 Å². The minimum atomic E-state index is 0.0851. The number of hydrazine groups is 1. The molecule has 7 heteroatoms. The molecule has 0 unspecified atom stereocenters. The van der Waals surface area contributed by atoms with Crippen LogP contribution in [0.25, 0.3) is 0 Å². The second-order valence-corrected chi connectivity index (χ2v) is 7.11. The Labute approximate surface area is 156 Å². The van der Waals surface area contributed by atoms with Gasteiger partial charge in [-0.3, -0.25) is 14.7 Å². The van der Waals surface area contributed by atoms with E-state index in [1.165, 1.54) is 0 Å². The highest BCUT2D eigenvalue weighted by molar-refractivity contribution is 5.94. The maximum atomic E-state index is 12.8. The molecular weight excluding hydrogens is 330 g/mol. The monoisotopic (exact) mass is 361 g/mol. The Morgan fingerprint density at radius 1 is 1.15 bits per heavy atom. The van der Waals surface area contributed by atoms with Crippen molar-refractivity contribution >= 4 is 11.7 Å². The summed E-state index contributed by atoms with van der Waals surface area (Å²) in [6, 6.07) is 4.40. The second kappa shape index (κ2) is 8.79. The van der Waals surface area contributed by atoms with Crippen LogP contribution in [0.2, 0.25) is 0 Å². The van der Waals surface area contributed by atoms with E-state index in [1.54, 1.807) is 6.20 Å². The number of carbonyl (C=O) groups is 1. The molecule has 2 aliphatic rings. The summed E-state index contributed by atoms with van der Waals surface area (Å²) in [5.41, 5.74) is 0.671. The number of morpholine rings is 1. The van der Waals surface area contributed by atoms with Crippen LogP contribution in [0.5, 0.6) is 0 Å². The fraction of sp³-hybridized carbons (Fsp3) is 0.684. The van der Waals surface area contributed by atoms with E-state index in [4.69, 9.17) is 4.74 Å². The van der Waals surface area contributed by atoms with Crippen molar-refractivity contribution < 1.29 is 9.53 Å². The minimum absolute atomic E-state index is 0.0851. The van der Waals surface area contributed by atoms with Crippen LogP contribution in [-0.2, 0) is 4.74 Å². The molecule has 0 N–H and O–H groups in total. The molecule has 3 heterocycles. The zero-order valence-electron chi connectivity index (χ0n) is 16.2. The largest absolute Gasteiger partial charge is 0.379 e. The lowest BCUT2D eigenvalue weighted by atomic mass is 10.2. The van der Waals surface area contributed by atoms with Crippen molar-refractivity contribution in [3.8, 4) is 0 Å². The van der Waals surface area contributed by atoms with Crippen LogP contribution in [-0.4, -0.2) is 90.8 Å². The molecule has 1 aromatic heterocycles. The Morgan fingerprint density at radius 2 is 1.85 bits per heavy atom. The molecule has 1 amide bonds. The highest BCUT2D eigenvalue weighted by Crippen LogP contribution is 2.17. The molecule has 0 spiro atoms. The number of carbonyl (C=O) groups excluding carboxylic acids is 1. The van der Waals surface area contributed by atoms with Crippen molar-refractivity contribution in [3.63, 3.8) is 0 Å². The molecular formula is C19H31N5O2. The Bertz CT molecular complexity index is 578. The van der Waals surface area contributed by atoms with Crippen LogP contribution in [0.3, 0.4) is 0 Å². The van der Waals surface area contributed by atoms with Gasteiger partial charge in [0.15, 0.2) is 0 Å². The first-order valence-electron chi connectivity index (χ1n) is 9.69. The molecule has 0 atom stereocenters. The zero-order valence-corrected chi connectivity index (χ0v) is 16.2. The summed E-state index contributed by atoms with van der Waals surface area (Å²) < 4.78 is 5.43. The van der Waals surface area contributed by atoms with Crippen LogP contribution in [0.1, 0.15) is 31.1 Å². The highest BCUT2D eigenvalue weighted by Gasteiger charge is 2.24. The number of anilines is 1. The first-order valence-corrected chi connectivity index (χ1v) is 9.69. The number of amides is 1. The number of aromatic nitrogens is 1. The van der Waals surface area contributed by atoms with Gasteiger partial charge in [0.1, 0.15) is 5.82 Å². The summed E-state index contributed by atoms with van der Waals surface area (Å²) in [5, 5.41) is 4.43. The number of hydrogen-bond donors (Lipinski definition) is 0. The van der Waals surface area contributed by atoms with Gasteiger partial charge in [0.05, 0.1) is 18.8 Å². The number of rotatable bonds is 5. The smallest absolute Gasteiger partial charge is 0.255 e. The van der Waals surface area contributed by atoms with Crippen molar-refractivity contribution in [1.29, 1.82) is 0 Å². The fourth-order valence-electron chi connectivity index (χ4n) is 3.59. The Hall–Kier alpha value is -1.70. The van der Waals surface area contributed by atoms with Gasteiger partial charge >= 0.3 is 0 Å². The Balaban J connectivity index is 1.62. The lowest BCUT2D eigenvalue weighted by Crippen LogP contribution is -2.50. The quantitative estimate of drug-likeness (QED) is 0.789. The van der Waals surface area contributed by atoms with Crippen LogP contribution in [0, 0.1) is 0 Å².